The number of nitrogens with one attached hydrogen (secondary N) is 1. The smallest absolute Gasteiger partial charge is 0.253 e. The normalized spacial score (nSPS) is 15.5. The van der Waals surface area contributed by atoms with Crippen LogP contribution in [0.5, 0.6) is 0 Å². The van der Waals surface area contributed by atoms with E-state index in [1.54, 1.807) is 11.8 Å². The van der Waals surface area contributed by atoms with E-state index in [1.807, 2.05) is 31.2 Å². The highest BCUT2D eigenvalue weighted by Crippen LogP contribution is 2.30. The van der Waals surface area contributed by atoms with Crippen molar-refractivity contribution in [3.05, 3.63) is 80.9 Å². The van der Waals surface area contributed by atoms with Gasteiger partial charge in [0.25, 0.3) is 5.56 Å². The summed E-state index contributed by atoms with van der Waals surface area (Å²) in [5, 5.41) is 13.6. The Morgan fingerprint density at radius 2 is 1.78 bits per heavy atom. The Morgan fingerprint density at radius 1 is 1.03 bits per heavy atom. The average Bonchev–Trinajstić information content (AvgIpc) is 3.34. The van der Waals surface area contributed by atoms with Crippen LogP contribution in [0, 0.1) is 20.8 Å². The fraction of sp³-hybridized carbons (Fsp3) is 0.407. The van der Waals surface area contributed by atoms with Crippen molar-refractivity contribution in [2.45, 2.75) is 33.4 Å². The van der Waals surface area contributed by atoms with E-state index in [2.05, 4.69) is 62.4 Å². The molecule has 2 aromatic heterocycles. The van der Waals surface area contributed by atoms with Crippen molar-refractivity contribution in [1.29, 1.82) is 0 Å². The number of anilines is 1. The van der Waals surface area contributed by atoms with Crippen LogP contribution >= 0.6 is 0 Å². The number of tetrazole rings is 1. The predicted octanol–water partition coefficient (Wildman–Crippen LogP) is 3.00. The van der Waals surface area contributed by atoms with Crippen LogP contribution in [0.2, 0.25) is 0 Å². The van der Waals surface area contributed by atoms with Gasteiger partial charge in [-0.3, -0.25) is 9.69 Å². The number of ether oxygens (including phenoxy) is 1. The third-order valence-corrected chi connectivity index (χ3v) is 7.32. The molecule has 0 spiro atoms. The number of methoxy groups -OCH3 is 1. The van der Waals surface area contributed by atoms with Crippen molar-refractivity contribution in [1.82, 2.24) is 30.1 Å². The first-order valence-corrected chi connectivity index (χ1v) is 12.4. The molecule has 0 radical (unpaired) electrons. The second-order valence-electron chi connectivity index (χ2n) is 9.49. The van der Waals surface area contributed by atoms with Crippen molar-refractivity contribution in [2.24, 2.45) is 0 Å². The maximum Gasteiger partial charge on any atom is 0.253 e. The maximum atomic E-state index is 13.5. The summed E-state index contributed by atoms with van der Waals surface area (Å²) in [4.78, 5) is 21.3. The van der Waals surface area contributed by atoms with Gasteiger partial charge in [-0.25, -0.2) is 4.68 Å². The lowest BCUT2D eigenvalue weighted by molar-refractivity contribution is 0.171. The second kappa shape index (κ2) is 10.2. The molecule has 1 aliphatic rings. The van der Waals surface area contributed by atoms with Crippen LogP contribution in [0.1, 0.15) is 34.1 Å². The SMILES string of the molecule is COCCn1nnnc1C(c1cc2cccc(C)c2[nH]c1=O)N1CCN(c2cccc(C)c2C)CC1. The highest BCUT2D eigenvalue weighted by Gasteiger charge is 2.33. The van der Waals surface area contributed by atoms with Gasteiger partial charge in [0, 0.05) is 44.5 Å². The molecule has 1 unspecified atom stereocenters. The molecule has 1 saturated heterocycles. The monoisotopic (exact) mass is 487 g/mol. The minimum absolute atomic E-state index is 0.111. The van der Waals surface area contributed by atoms with E-state index in [-0.39, 0.29) is 11.6 Å². The molecule has 3 heterocycles. The van der Waals surface area contributed by atoms with E-state index >= 15 is 0 Å². The Hall–Kier alpha value is -3.56. The molecule has 0 amide bonds. The Labute approximate surface area is 210 Å². The zero-order valence-corrected chi connectivity index (χ0v) is 21.4. The first-order valence-electron chi connectivity index (χ1n) is 12.4. The van der Waals surface area contributed by atoms with Gasteiger partial charge in [-0.15, -0.1) is 5.10 Å². The molecule has 36 heavy (non-hydrogen) atoms. The summed E-state index contributed by atoms with van der Waals surface area (Å²) >= 11 is 0. The molecule has 0 aliphatic carbocycles. The number of hydrogen-bond acceptors (Lipinski definition) is 7. The van der Waals surface area contributed by atoms with Gasteiger partial charge in [0.05, 0.1) is 18.7 Å². The van der Waals surface area contributed by atoms with Crippen molar-refractivity contribution in [2.75, 3.05) is 44.8 Å². The number of pyridine rings is 1. The van der Waals surface area contributed by atoms with Crippen molar-refractivity contribution in [3.8, 4) is 0 Å². The Morgan fingerprint density at radius 3 is 2.56 bits per heavy atom. The topological polar surface area (TPSA) is 92.2 Å². The molecule has 4 aromatic rings. The first kappa shape index (κ1) is 24.1. The molecule has 0 bridgehead atoms. The summed E-state index contributed by atoms with van der Waals surface area (Å²) in [7, 11) is 1.66. The van der Waals surface area contributed by atoms with Crippen molar-refractivity contribution in [3.63, 3.8) is 0 Å². The van der Waals surface area contributed by atoms with Gasteiger partial charge in [0.2, 0.25) is 0 Å². The Balaban J connectivity index is 1.52. The number of aromatic amines is 1. The molecule has 188 valence electrons. The van der Waals surface area contributed by atoms with Crippen LogP contribution in [0.15, 0.2) is 47.3 Å². The second-order valence-corrected chi connectivity index (χ2v) is 9.49. The molecule has 1 atom stereocenters. The van der Waals surface area contributed by atoms with Gasteiger partial charge in [0.15, 0.2) is 5.82 Å². The highest BCUT2D eigenvalue weighted by atomic mass is 16.5. The number of nitrogens with zero attached hydrogens (tertiary/aromatic N) is 6. The van der Waals surface area contributed by atoms with Gasteiger partial charge in [-0.2, -0.15) is 0 Å². The van der Waals surface area contributed by atoms with Crippen LogP contribution in [-0.4, -0.2) is 70.0 Å². The summed E-state index contributed by atoms with van der Waals surface area (Å²) in [5.74, 6) is 0.657. The number of benzene rings is 2. The number of H-pyrrole nitrogens is 1. The van der Waals surface area contributed by atoms with Crippen LogP contribution in [0.3, 0.4) is 0 Å². The van der Waals surface area contributed by atoms with Gasteiger partial charge in [-0.1, -0.05) is 30.3 Å². The van der Waals surface area contributed by atoms with Crippen LogP contribution in [0.4, 0.5) is 5.69 Å². The summed E-state index contributed by atoms with van der Waals surface area (Å²) in [5.41, 5.74) is 6.33. The summed E-state index contributed by atoms with van der Waals surface area (Å²) in [6, 6.07) is 14.1. The van der Waals surface area contributed by atoms with E-state index in [9.17, 15) is 4.79 Å². The van der Waals surface area contributed by atoms with Gasteiger partial charge >= 0.3 is 0 Å². The maximum absolute atomic E-state index is 13.5. The fourth-order valence-corrected chi connectivity index (χ4v) is 5.15. The molecular formula is C27H33N7O2. The van der Waals surface area contributed by atoms with Gasteiger partial charge < -0.3 is 14.6 Å². The molecule has 2 aromatic carbocycles. The van der Waals surface area contributed by atoms with Crippen molar-refractivity contribution >= 4 is 16.6 Å². The van der Waals surface area contributed by atoms with E-state index < -0.39 is 0 Å². The van der Waals surface area contributed by atoms with Gasteiger partial charge in [0.1, 0.15) is 6.04 Å². The molecule has 5 rings (SSSR count). The van der Waals surface area contributed by atoms with E-state index in [4.69, 9.17) is 4.74 Å². The molecule has 0 saturated carbocycles. The molecular weight excluding hydrogens is 454 g/mol. The summed E-state index contributed by atoms with van der Waals surface area (Å²) in [6.07, 6.45) is 0. The lowest BCUT2D eigenvalue weighted by Crippen LogP contribution is -2.49. The molecule has 1 aliphatic heterocycles. The van der Waals surface area contributed by atoms with E-state index in [1.165, 1.54) is 16.8 Å². The van der Waals surface area contributed by atoms with E-state index in [0.29, 0.717) is 24.5 Å². The molecule has 9 nitrogen and oxygen atoms in total. The highest BCUT2D eigenvalue weighted by molar-refractivity contribution is 5.82. The van der Waals surface area contributed by atoms with Crippen LogP contribution < -0.4 is 10.5 Å². The number of rotatable bonds is 7. The molecule has 9 heteroatoms. The Bertz CT molecular complexity index is 1420. The number of piperazine rings is 1. The number of aromatic nitrogens is 5. The minimum Gasteiger partial charge on any atom is -0.383 e. The van der Waals surface area contributed by atoms with E-state index in [0.717, 1.165) is 42.6 Å². The fourth-order valence-electron chi connectivity index (χ4n) is 5.15. The predicted molar refractivity (Wildman–Crippen MR) is 141 cm³/mol. The minimum atomic E-state index is -0.369. The zero-order chi connectivity index (χ0) is 25.2. The zero-order valence-electron chi connectivity index (χ0n) is 21.4. The van der Waals surface area contributed by atoms with Crippen LogP contribution in [0.25, 0.3) is 10.9 Å². The largest absolute Gasteiger partial charge is 0.383 e. The standard InChI is InChI=1S/C27H33N7O2/c1-18-7-6-10-23(20(18)3)32-11-13-33(14-12-32)25(26-29-30-31-34(26)15-16-36-4)22-17-21-9-5-8-19(2)24(21)28-27(22)35/h5-10,17,25H,11-16H2,1-4H3,(H,28,35). The first-order chi connectivity index (χ1) is 17.5. The lowest BCUT2D eigenvalue weighted by Gasteiger charge is -2.40. The number of hydrogen-bond donors (Lipinski definition) is 1. The Kier molecular flexibility index (Phi) is 6.84. The quantitative estimate of drug-likeness (QED) is 0.428. The summed E-state index contributed by atoms with van der Waals surface area (Å²) < 4.78 is 7.03. The molecule has 1 N–H and O–H groups in total. The number of aryl methyl sites for hydroxylation is 2. The van der Waals surface area contributed by atoms with Gasteiger partial charge in [-0.05, 0) is 65.4 Å². The lowest BCUT2D eigenvalue weighted by atomic mass is 10.0. The number of fused-ring (bicyclic) bond motifs is 1. The van der Waals surface area contributed by atoms with Crippen molar-refractivity contribution < 1.29 is 4.74 Å². The summed E-state index contributed by atoms with van der Waals surface area (Å²) in [6.45, 7) is 10.6. The van der Waals surface area contributed by atoms with Crippen LogP contribution in [-0.2, 0) is 11.3 Å². The number of para-hydroxylation sites is 1. The third-order valence-electron chi connectivity index (χ3n) is 7.32. The molecule has 1 fully saturated rings. The average molecular weight is 488 g/mol. The third kappa shape index (κ3) is 4.52.